The summed E-state index contributed by atoms with van der Waals surface area (Å²) < 4.78 is 29.7. The predicted molar refractivity (Wildman–Crippen MR) is 75.3 cm³/mol. The number of carbonyl (C=O) groups is 1. The van der Waals surface area contributed by atoms with Gasteiger partial charge in [0.1, 0.15) is 11.9 Å². The maximum Gasteiger partial charge on any atom is 0.335 e. The van der Waals surface area contributed by atoms with E-state index in [9.17, 15) is 9.18 Å². The summed E-state index contributed by atoms with van der Waals surface area (Å²) in [7, 11) is 0. The van der Waals surface area contributed by atoms with Gasteiger partial charge in [0, 0.05) is 12.2 Å². The van der Waals surface area contributed by atoms with Crippen molar-refractivity contribution in [1.82, 2.24) is 0 Å². The average molecular weight is 296 g/mol. The van der Waals surface area contributed by atoms with Gasteiger partial charge in [0.2, 0.25) is 0 Å². The standard InChI is InChI=1S/C16H21FO4/c1-11(14-7-3-4-8-15(14)17)21-16(18)12(2)20-10-13-6-5-9-19-13/h3-4,7-8,11-13H,5-6,9-10H2,1-2H3. The Morgan fingerprint density at radius 2 is 2.19 bits per heavy atom. The molecule has 0 bridgehead atoms. The fraction of sp³-hybridized carbons (Fsp3) is 0.562. The van der Waals surface area contributed by atoms with Crippen molar-refractivity contribution < 1.29 is 23.4 Å². The lowest BCUT2D eigenvalue weighted by molar-refractivity contribution is -0.163. The van der Waals surface area contributed by atoms with Crippen LogP contribution in [0.1, 0.15) is 38.4 Å². The van der Waals surface area contributed by atoms with Crippen molar-refractivity contribution in [3.8, 4) is 0 Å². The number of ether oxygens (including phenoxy) is 3. The van der Waals surface area contributed by atoms with Crippen molar-refractivity contribution in [3.05, 3.63) is 35.6 Å². The zero-order chi connectivity index (χ0) is 15.2. The van der Waals surface area contributed by atoms with Crippen LogP contribution < -0.4 is 0 Å². The van der Waals surface area contributed by atoms with Gasteiger partial charge in [-0.05, 0) is 32.8 Å². The van der Waals surface area contributed by atoms with Gasteiger partial charge in [-0.15, -0.1) is 0 Å². The largest absolute Gasteiger partial charge is 0.456 e. The number of hydrogen-bond acceptors (Lipinski definition) is 4. The van der Waals surface area contributed by atoms with Gasteiger partial charge in [-0.3, -0.25) is 0 Å². The summed E-state index contributed by atoms with van der Waals surface area (Å²) in [6.07, 6.45) is 0.699. The van der Waals surface area contributed by atoms with Gasteiger partial charge in [0.25, 0.3) is 0 Å². The highest BCUT2D eigenvalue weighted by Crippen LogP contribution is 2.21. The Labute approximate surface area is 124 Å². The molecule has 1 fully saturated rings. The molecule has 1 aromatic carbocycles. The summed E-state index contributed by atoms with van der Waals surface area (Å²) in [6.45, 7) is 4.40. The molecule has 0 spiro atoms. The Kier molecular flexibility index (Phi) is 5.70. The first kappa shape index (κ1) is 15.9. The van der Waals surface area contributed by atoms with Crippen LogP contribution in [0, 0.1) is 5.82 Å². The van der Waals surface area contributed by atoms with E-state index in [4.69, 9.17) is 14.2 Å². The van der Waals surface area contributed by atoms with Gasteiger partial charge in [-0.2, -0.15) is 0 Å². The Hall–Kier alpha value is -1.46. The first-order chi connectivity index (χ1) is 10.1. The zero-order valence-electron chi connectivity index (χ0n) is 12.4. The first-order valence-corrected chi connectivity index (χ1v) is 7.26. The van der Waals surface area contributed by atoms with Crippen LogP contribution in [0.5, 0.6) is 0 Å². The third-order valence-corrected chi connectivity index (χ3v) is 3.52. The van der Waals surface area contributed by atoms with Crippen molar-refractivity contribution in [2.45, 2.75) is 45.0 Å². The molecule has 116 valence electrons. The zero-order valence-corrected chi connectivity index (χ0v) is 12.4. The van der Waals surface area contributed by atoms with Crippen LogP contribution >= 0.6 is 0 Å². The van der Waals surface area contributed by atoms with E-state index < -0.39 is 18.2 Å². The summed E-state index contributed by atoms with van der Waals surface area (Å²) in [5.74, 6) is -0.880. The molecule has 5 heteroatoms. The first-order valence-electron chi connectivity index (χ1n) is 7.26. The van der Waals surface area contributed by atoms with E-state index in [1.54, 1.807) is 32.0 Å². The quantitative estimate of drug-likeness (QED) is 0.757. The highest BCUT2D eigenvalue weighted by Gasteiger charge is 2.23. The van der Waals surface area contributed by atoms with E-state index in [1.165, 1.54) is 6.07 Å². The lowest BCUT2D eigenvalue weighted by atomic mass is 10.1. The minimum absolute atomic E-state index is 0.0595. The second-order valence-corrected chi connectivity index (χ2v) is 5.21. The molecule has 1 saturated heterocycles. The molecule has 0 saturated carbocycles. The van der Waals surface area contributed by atoms with E-state index in [2.05, 4.69) is 0 Å². The molecule has 2 rings (SSSR count). The van der Waals surface area contributed by atoms with Gasteiger partial charge < -0.3 is 14.2 Å². The van der Waals surface area contributed by atoms with Crippen molar-refractivity contribution in [2.75, 3.05) is 13.2 Å². The van der Waals surface area contributed by atoms with Crippen LogP contribution in [0.3, 0.4) is 0 Å². The van der Waals surface area contributed by atoms with E-state index in [-0.39, 0.29) is 11.9 Å². The summed E-state index contributed by atoms with van der Waals surface area (Å²) >= 11 is 0. The van der Waals surface area contributed by atoms with E-state index in [0.717, 1.165) is 19.4 Å². The predicted octanol–water partition coefficient (Wildman–Crippen LogP) is 3.01. The number of halogens is 1. The van der Waals surface area contributed by atoms with Crippen molar-refractivity contribution >= 4 is 5.97 Å². The fourth-order valence-corrected chi connectivity index (χ4v) is 2.23. The van der Waals surface area contributed by atoms with E-state index >= 15 is 0 Å². The van der Waals surface area contributed by atoms with E-state index in [1.807, 2.05) is 0 Å². The molecule has 1 aromatic rings. The molecule has 1 aliphatic rings. The van der Waals surface area contributed by atoms with Crippen LogP contribution in [-0.2, 0) is 19.0 Å². The van der Waals surface area contributed by atoms with Crippen LogP contribution in [0.2, 0.25) is 0 Å². The second-order valence-electron chi connectivity index (χ2n) is 5.21. The fourth-order valence-electron chi connectivity index (χ4n) is 2.23. The molecule has 0 aliphatic carbocycles. The summed E-state index contributed by atoms with van der Waals surface area (Å²) in [5.41, 5.74) is 0.358. The lowest BCUT2D eigenvalue weighted by Gasteiger charge is -2.19. The summed E-state index contributed by atoms with van der Waals surface area (Å²) in [4.78, 5) is 11.9. The molecule has 3 atom stereocenters. The molecule has 0 amide bonds. The Bertz CT molecular complexity index is 471. The highest BCUT2D eigenvalue weighted by molar-refractivity contribution is 5.74. The smallest absolute Gasteiger partial charge is 0.335 e. The van der Waals surface area contributed by atoms with Gasteiger partial charge in [-0.1, -0.05) is 18.2 Å². The van der Waals surface area contributed by atoms with Gasteiger partial charge in [0.15, 0.2) is 6.10 Å². The van der Waals surface area contributed by atoms with Crippen LogP contribution in [0.4, 0.5) is 4.39 Å². The minimum atomic E-state index is -0.691. The highest BCUT2D eigenvalue weighted by atomic mass is 19.1. The number of hydrogen-bond donors (Lipinski definition) is 0. The van der Waals surface area contributed by atoms with E-state index in [0.29, 0.717) is 12.2 Å². The molecule has 1 aliphatic heterocycles. The Balaban J connectivity index is 1.81. The maximum absolute atomic E-state index is 13.6. The second kappa shape index (κ2) is 7.52. The van der Waals surface area contributed by atoms with Crippen LogP contribution in [-0.4, -0.2) is 31.4 Å². The normalized spacial score (nSPS) is 21.0. The molecular formula is C16H21FO4. The molecule has 21 heavy (non-hydrogen) atoms. The van der Waals surface area contributed by atoms with Gasteiger partial charge >= 0.3 is 5.97 Å². The summed E-state index contributed by atoms with van der Waals surface area (Å²) in [5, 5.41) is 0. The average Bonchev–Trinajstić information content (AvgIpc) is 2.98. The third-order valence-electron chi connectivity index (χ3n) is 3.52. The van der Waals surface area contributed by atoms with Crippen molar-refractivity contribution in [2.24, 2.45) is 0 Å². The van der Waals surface area contributed by atoms with Gasteiger partial charge in [-0.25, -0.2) is 9.18 Å². The SMILES string of the molecule is CC(OCC1CCCO1)C(=O)OC(C)c1ccccc1F. The molecule has 4 nitrogen and oxygen atoms in total. The minimum Gasteiger partial charge on any atom is -0.456 e. The number of esters is 1. The molecule has 0 radical (unpaired) electrons. The molecule has 0 N–H and O–H groups in total. The Morgan fingerprint density at radius 1 is 1.43 bits per heavy atom. The van der Waals surface area contributed by atoms with Crippen LogP contribution in [0.25, 0.3) is 0 Å². The number of rotatable bonds is 6. The number of carbonyl (C=O) groups excluding carboxylic acids is 1. The molecule has 3 unspecified atom stereocenters. The number of benzene rings is 1. The van der Waals surface area contributed by atoms with Crippen molar-refractivity contribution in [3.63, 3.8) is 0 Å². The third kappa shape index (κ3) is 4.51. The Morgan fingerprint density at radius 3 is 2.86 bits per heavy atom. The van der Waals surface area contributed by atoms with Gasteiger partial charge in [0.05, 0.1) is 12.7 Å². The summed E-state index contributed by atoms with van der Waals surface area (Å²) in [6, 6.07) is 6.25. The molecular weight excluding hydrogens is 275 g/mol. The van der Waals surface area contributed by atoms with Crippen molar-refractivity contribution in [1.29, 1.82) is 0 Å². The topological polar surface area (TPSA) is 44.8 Å². The molecule has 0 aromatic heterocycles. The molecule has 1 heterocycles. The lowest BCUT2D eigenvalue weighted by Crippen LogP contribution is -2.28. The monoisotopic (exact) mass is 296 g/mol. The maximum atomic E-state index is 13.6. The van der Waals surface area contributed by atoms with Crippen LogP contribution in [0.15, 0.2) is 24.3 Å².